The molecule has 6 nitrogen and oxygen atoms in total. The molecular formula is C9H10BrN5O. The third kappa shape index (κ3) is 2.69. The van der Waals surface area contributed by atoms with Gasteiger partial charge in [-0.25, -0.2) is 0 Å². The molecule has 0 aliphatic rings. The van der Waals surface area contributed by atoms with E-state index < -0.39 is 0 Å². The van der Waals surface area contributed by atoms with Gasteiger partial charge in [0.1, 0.15) is 5.75 Å². The SMILES string of the molecule is Cn1nnc(COc2cc(N)cc(Br)c2)n1. The summed E-state index contributed by atoms with van der Waals surface area (Å²) in [7, 11) is 1.70. The molecule has 84 valence electrons. The minimum absolute atomic E-state index is 0.268. The number of ether oxygens (including phenoxy) is 1. The summed E-state index contributed by atoms with van der Waals surface area (Å²) in [6, 6.07) is 5.36. The van der Waals surface area contributed by atoms with Crippen molar-refractivity contribution in [2.75, 3.05) is 5.73 Å². The molecule has 16 heavy (non-hydrogen) atoms. The van der Waals surface area contributed by atoms with Gasteiger partial charge in [-0.3, -0.25) is 0 Å². The van der Waals surface area contributed by atoms with Gasteiger partial charge in [-0.05, 0) is 17.3 Å². The highest BCUT2D eigenvalue weighted by molar-refractivity contribution is 9.10. The maximum atomic E-state index is 5.67. The van der Waals surface area contributed by atoms with Crippen molar-refractivity contribution in [3.05, 3.63) is 28.5 Å². The van der Waals surface area contributed by atoms with Crippen LogP contribution in [0.1, 0.15) is 5.82 Å². The number of hydrogen-bond acceptors (Lipinski definition) is 5. The van der Waals surface area contributed by atoms with E-state index in [2.05, 4.69) is 31.3 Å². The van der Waals surface area contributed by atoms with E-state index in [0.29, 0.717) is 17.3 Å². The first-order chi connectivity index (χ1) is 7.63. The number of nitrogens with two attached hydrogens (primary N) is 1. The lowest BCUT2D eigenvalue weighted by atomic mass is 10.3. The lowest BCUT2D eigenvalue weighted by Gasteiger charge is -2.04. The van der Waals surface area contributed by atoms with Crippen LogP contribution in [-0.4, -0.2) is 20.2 Å². The summed E-state index contributed by atoms with van der Waals surface area (Å²) < 4.78 is 6.35. The number of nitrogen functional groups attached to an aromatic ring is 1. The molecule has 2 aromatic rings. The van der Waals surface area contributed by atoms with Gasteiger partial charge in [0.25, 0.3) is 0 Å². The van der Waals surface area contributed by atoms with Crippen molar-refractivity contribution in [2.24, 2.45) is 7.05 Å². The fourth-order valence-electron chi connectivity index (χ4n) is 1.20. The second kappa shape index (κ2) is 4.48. The van der Waals surface area contributed by atoms with E-state index in [-0.39, 0.29) is 6.61 Å². The van der Waals surface area contributed by atoms with E-state index in [9.17, 15) is 0 Å². The third-order valence-electron chi connectivity index (χ3n) is 1.81. The fourth-order valence-corrected chi connectivity index (χ4v) is 1.69. The zero-order chi connectivity index (χ0) is 11.5. The normalized spacial score (nSPS) is 10.4. The maximum absolute atomic E-state index is 5.67. The molecule has 0 radical (unpaired) electrons. The smallest absolute Gasteiger partial charge is 0.212 e. The van der Waals surface area contributed by atoms with Crippen LogP contribution in [0.4, 0.5) is 5.69 Å². The quantitative estimate of drug-likeness (QED) is 0.855. The van der Waals surface area contributed by atoms with Crippen molar-refractivity contribution in [1.82, 2.24) is 20.2 Å². The predicted octanol–water partition coefficient (Wildman–Crippen LogP) is 1.13. The summed E-state index contributed by atoms with van der Waals surface area (Å²) in [4.78, 5) is 1.38. The molecule has 1 aromatic carbocycles. The average Bonchev–Trinajstić information content (AvgIpc) is 2.60. The molecule has 0 amide bonds. The van der Waals surface area contributed by atoms with E-state index in [1.807, 2.05) is 6.07 Å². The standard InChI is InChI=1S/C9H10BrN5O/c1-15-13-9(12-14-15)5-16-8-3-6(10)2-7(11)4-8/h2-4H,5,11H2,1H3. The molecule has 2 rings (SSSR count). The lowest BCUT2D eigenvalue weighted by Crippen LogP contribution is -1.99. The predicted molar refractivity (Wildman–Crippen MR) is 61.7 cm³/mol. The van der Waals surface area contributed by atoms with Crippen LogP contribution in [0.3, 0.4) is 0 Å². The van der Waals surface area contributed by atoms with E-state index in [1.165, 1.54) is 4.80 Å². The zero-order valence-corrected chi connectivity index (χ0v) is 10.2. The Morgan fingerprint density at radius 2 is 2.25 bits per heavy atom. The average molecular weight is 284 g/mol. The molecular weight excluding hydrogens is 274 g/mol. The molecule has 1 aromatic heterocycles. The number of hydrogen-bond donors (Lipinski definition) is 1. The summed E-state index contributed by atoms with van der Waals surface area (Å²) in [5.74, 6) is 1.19. The Bertz CT molecular complexity index is 478. The highest BCUT2D eigenvalue weighted by atomic mass is 79.9. The Morgan fingerprint density at radius 1 is 1.44 bits per heavy atom. The Labute approximate surface area is 101 Å². The van der Waals surface area contributed by atoms with Crippen molar-refractivity contribution in [3.8, 4) is 5.75 Å². The summed E-state index contributed by atoms with van der Waals surface area (Å²) in [5, 5.41) is 11.5. The Hall–Kier alpha value is -1.63. The number of benzene rings is 1. The topological polar surface area (TPSA) is 78.8 Å². The molecule has 0 aliphatic heterocycles. The van der Waals surface area contributed by atoms with Crippen molar-refractivity contribution >= 4 is 21.6 Å². The first kappa shape index (κ1) is 10.9. The summed E-state index contributed by atoms with van der Waals surface area (Å²) >= 11 is 3.34. The molecule has 2 N–H and O–H groups in total. The van der Waals surface area contributed by atoms with Gasteiger partial charge in [0.15, 0.2) is 6.61 Å². The van der Waals surface area contributed by atoms with Crippen LogP contribution in [-0.2, 0) is 13.7 Å². The molecule has 1 heterocycles. The van der Waals surface area contributed by atoms with Gasteiger partial charge in [-0.1, -0.05) is 15.9 Å². The van der Waals surface area contributed by atoms with Gasteiger partial charge in [-0.2, -0.15) is 4.80 Å². The highest BCUT2D eigenvalue weighted by Gasteiger charge is 2.03. The minimum atomic E-state index is 0.268. The molecule has 0 unspecified atom stereocenters. The van der Waals surface area contributed by atoms with Crippen LogP contribution in [0.15, 0.2) is 22.7 Å². The number of rotatable bonds is 3. The molecule has 0 spiro atoms. The molecule has 7 heteroatoms. The van der Waals surface area contributed by atoms with Crippen LogP contribution in [0.25, 0.3) is 0 Å². The third-order valence-corrected chi connectivity index (χ3v) is 2.27. The van der Waals surface area contributed by atoms with Crippen molar-refractivity contribution in [2.45, 2.75) is 6.61 Å². The van der Waals surface area contributed by atoms with Crippen LogP contribution >= 0.6 is 15.9 Å². The second-order valence-corrected chi connectivity index (χ2v) is 4.12. The van der Waals surface area contributed by atoms with E-state index in [0.717, 1.165) is 4.47 Å². The van der Waals surface area contributed by atoms with Gasteiger partial charge in [0.05, 0.1) is 7.05 Å². The van der Waals surface area contributed by atoms with Gasteiger partial charge >= 0.3 is 0 Å². The molecule has 0 atom stereocenters. The fraction of sp³-hybridized carbons (Fsp3) is 0.222. The Morgan fingerprint density at radius 3 is 2.88 bits per heavy atom. The van der Waals surface area contributed by atoms with Crippen molar-refractivity contribution < 1.29 is 4.74 Å². The van der Waals surface area contributed by atoms with Crippen molar-refractivity contribution in [1.29, 1.82) is 0 Å². The molecule has 0 saturated carbocycles. The van der Waals surface area contributed by atoms with E-state index >= 15 is 0 Å². The Balaban J connectivity index is 2.04. The lowest BCUT2D eigenvalue weighted by molar-refractivity contribution is 0.295. The van der Waals surface area contributed by atoms with E-state index in [1.54, 1.807) is 19.2 Å². The first-order valence-electron chi connectivity index (χ1n) is 4.55. The number of anilines is 1. The number of aromatic nitrogens is 4. The number of tetrazole rings is 1. The summed E-state index contributed by atoms with van der Waals surface area (Å²) in [5.41, 5.74) is 6.31. The Kier molecular flexibility index (Phi) is 3.04. The molecule has 0 aliphatic carbocycles. The number of halogens is 1. The second-order valence-electron chi connectivity index (χ2n) is 3.20. The molecule has 0 bridgehead atoms. The van der Waals surface area contributed by atoms with Crippen LogP contribution in [0, 0.1) is 0 Å². The van der Waals surface area contributed by atoms with E-state index in [4.69, 9.17) is 10.5 Å². The van der Waals surface area contributed by atoms with Gasteiger partial charge in [0, 0.05) is 16.2 Å². The van der Waals surface area contributed by atoms with Gasteiger partial charge in [-0.15, -0.1) is 10.2 Å². The summed E-state index contributed by atoms with van der Waals surface area (Å²) in [6.07, 6.45) is 0. The number of nitrogens with zero attached hydrogens (tertiary/aromatic N) is 4. The molecule has 0 fully saturated rings. The summed E-state index contributed by atoms with van der Waals surface area (Å²) in [6.45, 7) is 0.268. The first-order valence-corrected chi connectivity index (χ1v) is 5.34. The van der Waals surface area contributed by atoms with Gasteiger partial charge < -0.3 is 10.5 Å². The van der Waals surface area contributed by atoms with Crippen molar-refractivity contribution in [3.63, 3.8) is 0 Å². The maximum Gasteiger partial charge on any atom is 0.212 e. The number of aryl methyl sites for hydroxylation is 1. The monoisotopic (exact) mass is 283 g/mol. The minimum Gasteiger partial charge on any atom is -0.485 e. The molecule has 0 saturated heterocycles. The highest BCUT2D eigenvalue weighted by Crippen LogP contribution is 2.23. The van der Waals surface area contributed by atoms with Crippen LogP contribution < -0.4 is 10.5 Å². The van der Waals surface area contributed by atoms with Gasteiger partial charge in [0.2, 0.25) is 5.82 Å². The van der Waals surface area contributed by atoms with Crippen LogP contribution in [0.5, 0.6) is 5.75 Å². The largest absolute Gasteiger partial charge is 0.485 e. The van der Waals surface area contributed by atoms with Crippen LogP contribution in [0.2, 0.25) is 0 Å². The zero-order valence-electron chi connectivity index (χ0n) is 8.59.